The van der Waals surface area contributed by atoms with Crippen molar-refractivity contribution in [2.75, 3.05) is 20.3 Å². The fourth-order valence-corrected chi connectivity index (χ4v) is 1.64. The number of rotatable bonds is 5. The van der Waals surface area contributed by atoms with E-state index in [-0.39, 0.29) is 12.2 Å². The Morgan fingerprint density at radius 2 is 2.47 bits per heavy atom. The van der Waals surface area contributed by atoms with Crippen LogP contribution in [0.25, 0.3) is 0 Å². The lowest BCUT2D eigenvalue weighted by Gasteiger charge is -2.30. The van der Waals surface area contributed by atoms with E-state index in [0.717, 1.165) is 26.0 Å². The third kappa shape index (κ3) is 3.16. The number of hydrogen-bond donors (Lipinski definition) is 1. The lowest BCUT2D eigenvalue weighted by molar-refractivity contribution is 0.0493. The Hall–Kier alpha value is -0.630. The largest absolute Gasteiger partial charge is 0.379 e. The highest BCUT2D eigenvalue weighted by molar-refractivity contribution is 5.08. The Labute approximate surface area is 91.6 Å². The zero-order valence-electron chi connectivity index (χ0n) is 9.75. The average molecular weight is 212 g/mol. The molecule has 4 nitrogen and oxygen atoms in total. The van der Waals surface area contributed by atoms with Crippen LogP contribution in [0.3, 0.4) is 0 Å². The van der Waals surface area contributed by atoms with Crippen molar-refractivity contribution in [1.82, 2.24) is 5.32 Å². The summed E-state index contributed by atoms with van der Waals surface area (Å²) in [5.41, 5.74) is -0.638. The van der Waals surface area contributed by atoms with E-state index in [9.17, 15) is 0 Å². The Kier molecular flexibility index (Phi) is 4.52. The average Bonchev–Trinajstić information content (AvgIpc) is 2.77. The van der Waals surface area contributed by atoms with E-state index in [0.29, 0.717) is 0 Å². The van der Waals surface area contributed by atoms with Gasteiger partial charge in [0.05, 0.1) is 18.3 Å². The van der Waals surface area contributed by atoms with Crippen molar-refractivity contribution in [2.45, 2.75) is 44.4 Å². The van der Waals surface area contributed by atoms with Crippen LogP contribution >= 0.6 is 0 Å². The highest BCUT2D eigenvalue weighted by Gasteiger charge is 2.32. The smallest absolute Gasteiger partial charge is 0.130 e. The van der Waals surface area contributed by atoms with Gasteiger partial charge in [-0.05, 0) is 26.7 Å². The molecule has 15 heavy (non-hydrogen) atoms. The van der Waals surface area contributed by atoms with Crippen LogP contribution in [0.4, 0.5) is 0 Å². The second kappa shape index (κ2) is 5.45. The molecule has 1 fully saturated rings. The molecule has 0 bridgehead atoms. The number of nitrogens with one attached hydrogen (secondary N) is 1. The molecule has 0 saturated carbocycles. The fraction of sp³-hybridized carbons (Fsp3) is 0.909. The SMILES string of the molecule is COC(C)C(C)(C#N)NCC1CCCO1. The number of ether oxygens (including phenoxy) is 2. The molecule has 0 aromatic carbocycles. The third-order valence-corrected chi connectivity index (χ3v) is 3.12. The Morgan fingerprint density at radius 1 is 1.73 bits per heavy atom. The molecule has 86 valence electrons. The minimum Gasteiger partial charge on any atom is -0.379 e. The second-order valence-corrected chi connectivity index (χ2v) is 4.21. The predicted molar refractivity (Wildman–Crippen MR) is 57.5 cm³/mol. The Balaban J connectivity index is 2.42. The van der Waals surface area contributed by atoms with Crippen LogP contribution in [0.2, 0.25) is 0 Å². The number of methoxy groups -OCH3 is 1. The maximum Gasteiger partial charge on any atom is 0.130 e. The molecule has 4 heteroatoms. The molecule has 1 N–H and O–H groups in total. The molecule has 1 aliphatic rings. The van der Waals surface area contributed by atoms with E-state index in [2.05, 4.69) is 11.4 Å². The Morgan fingerprint density at radius 3 is 2.93 bits per heavy atom. The summed E-state index contributed by atoms with van der Waals surface area (Å²) in [6.07, 6.45) is 2.32. The summed E-state index contributed by atoms with van der Waals surface area (Å²) >= 11 is 0. The Bertz CT molecular complexity index is 233. The maximum absolute atomic E-state index is 9.13. The molecular weight excluding hydrogens is 192 g/mol. The van der Waals surface area contributed by atoms with Gasteiger partial charge in [0.2, 0.25) is 0 Å². The van der Waals surface area contributed by atoms with E-state index in [4.69, 9.17) is 14.7 Å². The molecule has 0 aliphatic carbocycles. The van der Waals surface area contributed by atoms with E-state index in [1.54, 1.807) is 7.11 Å². The number of nitrogens with zero attached hydrogens (tertiary/aromatic N) is 1. The number of hydrogen-bond acceptors (Lipinski definition) is 4. The zero-order valence-corrected chi connectivity index (χ0v) is 9.75. The van der Waals surface area contributed by atoms with Crippen LogP contribution in [0.15, 0.2) is 0 Å². The highest BCUT2D eigenvalue weighted by Crippen LogP contribution is 2.15. The van der Waals surface area contributed by atoms with E-state index >= 15 is 0 Å². The van der Waals surface area contributed by atoms with Gasteiger partial charge in [0.15, 0.2) is 0 Å². The van der Waals surface area contributed by atoms with Gasteiger partial charge >= 0.3 is 0 Å². The molecule has 0 radical (unpaired) electrons. The maximum atomic E-state index is 9.13. The second-order valence-electron chi connectivity index (χ2n) is 4.21. The summed E-state index contributed by atoms with van der Waals surface area (Å²) in [4.78, 5) is 0. The first-order valence-electron chi connectivity index (χ1n) is 5.43. The van der Waals surface area contributed by atoms with Crippen molar-refractivity contribution in [3.8, 4) is 6.07 Å². The molecule has 1 saturated heterocycles. The van der Waals surface area contributed by atoms with Crippen molar-refractivity contribution >= 4 is 0 Å². The van der Waals surface area contributed by atoms with Gasteiger partial charge in [-0.2, -0.15) is 5.26 Å². The quantitative estimate of drug-likeness (QED) is 0.740. The van der Waals surface area contributed by atoms with Crippen LogP contribution in [0.1, 0.15) is 26.7 Å². The summed E-state index contributed by atoms with van der Waals surface area (Å²) in [5.74, 6) is 0. The molecule has 0 spiro atoms. The molecule has 3 atom stereocenters. The van der Waals surface area contributed by atoms with E-state index in [1.165, 1.54) is 0 Å². The molecule has 3 unspecified atom stereocenters. The van der Waals surface area contributed by atoms with Gasteiger partial charge in [-0.3, -0.25) is 5.32 Å². The van der Waals surface area contributed by atoms with Gasteiger partial charge in [0.1, 0.15) is 5.54 Å². The van der Waals surface area contributed by atoms with Gasteiger partial charge in [0, 0.05) is 20.3 Å². The lowest BCUT2D eigenvalue weighted by Crippen LogP contribution is -2.52. The summed E-state index contributed by atoms with van der Waals surface area (Å²) in [5, 5.41) is 12.4. The monoisotopic (exact) mass is 212 g/mol. The third-order valence-electron chi connectivity index (χ3n) is 3.12. The molecular formula is C11H20N2O2. The van der Waals surface area contributed by atoms with Crippen LogP contribution in [0, 0.1) is 11.3 Å². The first kappa shape index (κ1) is 12.4. The van der Waals surface area contributed by atoms with Crippen LogP contribution in [-0.2, 0) is 9.47 Å². The minimum absolute atomic E-state index is 0.135. The van der Waals surface area contributed by atoms with E-state index in [1.807, 2.05) is 13.8 Å². The minimum atomic E-state index is -0.638. The molecule has 0 amide bonds. The number of nitriles is 1. The van der Waals surface area contributed by atoms with Crippen LogP contribution in [0.5, 0.6) is 0 Å². The fourth-order valence-electron chi connectivity index (χ4n) is 1.64. The first-order valence-corrected chi connectivity index (χ1v) is 5.43. The van der Waals surface area contributed by atoms with Crippen molar-refractivity contribution < 1.29 is 9.47 Å². The summed E-state index contributed by atoms with van der Waals surface area (Å²) in [6.45, 7) is 5.31. The summed E-state index contributed by atoms with van der Waals surface area (Å²) < 4.78 is 10.7. The first-order chi connectivity index (χ1) is 7.12. The summed E-state index contributed by atoms with van der Waals surface area (Å²) in [7, 11) is 1.62. The summed E-state index contributed by atoms with van der Waals surface area (Å²) in [6, 6.07) is 2.26. The van der Waals surface area contributed by atoms with E-state index < -0.39 is 5.54 Å². The highest BCUT2D eigenvalue weighted by atomic mass is 16.5. The normalized spacial score (nSPS) is 26.9. The molecule has 1 aliphatic heterocycles. The van der Waals surface area contributed by atoms with Crippen LogP contribution < -0.4 is 5.32 Å². The van der Waals surface area contributed by atoms with Crippen LogP contribution in [-0.4, -0.2) is 38.0 Å². The van der Waals surface area contributed by atoms with Gasteiger partial charge in [-0.25, -0.2) is 0 Å². The topological polar surface area (TPSA) is 54.3 Å². The van der Waals surface area contributed by atoms with Gasteiger partial charge in [-0.15, -0.1) is 0 Å². The van der Waals surface area contributed by atoms with Gasteiger partial charge in [0.25, 0.3) is 0 Å². The molecule has 0 aromatic heterocycles. The van der Waals surface area contributed by atoms with Crippen molar-refractivity contribution in [2.24, 2.45) is 0 Å². The molecule has 1 rings (SSSR count). The van der Waals surface area contributed by atoms with Gasteiger partial charge < -0.3 is 9.47 Å². The molecule has 1 heterocycles. The lowest BCUT2D eigenvalue weighted by atomic mass is 9.97. The van der Waals surface area contributed by atoms with Crippen molar-refractivity contribution in [3.05, 3.63) is 0 Å². The van der Waals surface area contributed by atoms with Gasteiger partial charge in [-0.1, -0.05) is 0 Å². The standard InChI is InChI=1S/C11H20N2O2/c1-9(14-3)11(2,8-12)13-7-10-5-4-6-15-10/h9-10,13H,4-7H2,1-3H3. The molecule has 0 aromatic rings. The zero-order chi connectivity index (χ0) is 11.3. The van der Waals surface area contributed by atoms with Crippen molar-refractivity contribution in [3.63, 3.8) is 0 Å². The predicted octanol–water partition coefficient (Wildman–Crippen LogP) is 1.07. The van der Waals surface area contributed by atoms with Crippen molar-refractivity contribution in [1.29, 1.82) is 5.26 Å².